The molecule has 0 saturated carbocycles. The van der Waals surface area contributed by atoms with E-state index in [4.69, 9.17) is 19.2 Å². The third kappa shape index (κ3) is 3.51. The highest BCUT2D eigenvalue weighted by Gasteiger charge is 2.40. The summed E-state index contributed by atoms with van der Waals surface area (Å²) in [5.41, 5.74) is 6.64. The largest absolute Gasteiger partial charge is 0.493 e. The lowest BCUT2D eigenvalue weighted by atomic mass is 9.77. The van der Waals surface area contributed by atoms with E-state index in [1.54, 1.807) is 21.3 Å². The Morgan fingerprint density at radius 1 is 0.923 bits per heavy atom. The summed E-state index contributed by atoms with van der Waals surface area (Å²) in [5, 5.41) is 4.65. The molecule has 2 atom stereocenters. The number of anilines is 1. The molecule has 2 unspecified atom stereocenters. The van der Waals surface area contributed by atoms with Gasteiger partial charge in [0.1, 0.15) is 0 Å². The number of ketones is 1. The molecule has 0 radical (unpaired) electrons. The molecule has 1 aliphatic heterocycles. The van der Waals surface area contributed by atoms with Crippen LogP contribution in [0.25, 0.3) is 21.9 Å². The van der Waals surface area contributed by atoms with Crippen molar-refractivity contribution in [2.75, 3.05) is 26.6 Å². The second kappa shape index (κ2) is 8.94. The summed E-state index contributed by atoms with van der Waals surface area (Å²) in [6.45, 7) is 0. The summed E-state index contributed by atoms with van der Waals surface area (Å²) in [6.07, 6.45) is 3.06. The number of rotatable bonds is 5. The molecule has 0 fully saturated rings. The molecule has 8 heteroatoms. The topological polar surface area (TPSA) is 90.4 Å². The van der Waals surface area contributed by atoms with Gasteiger partial charge in [-0.2, -0.15) is 0 Å². The quantitative estimate of drug-likeness (QED) is 0.297. The van der Waals surface area contributed by atoms with Crippen LogP contribution in [0.3, 0.4) is 0 Å². The molecule has 0 spiro atoms. The number of nitrogens with zero attached hydrogens (tertiary/aromatic N) is 2. The first-order chi connectivity index (χ1) is 19.1. The van der Waals surface area contributed by atoms with Gasteiger partial charge in [-0.3, -0.25) is 9.36 Å². The number of hydrogen-bond acceptors (Lipinski definition) is 6. The summed E-state index contributed by atoms with van der Waals surface area (Å²) < 4.78 is 18.9. The maximum atomic E-state index is 14.1. The van der Waals surface area contributed by atoms with Crippen molar-refractivity contribution in [3.05, 3.63) is 89.3 Å². The van der Waals surface area contributed by atoms with Crippen molar-refractivity contribution in [2.24, 2.45) is 0 Å². The molecule has 7 rings (SSSR count). The van der Waals surface area contributed by atoms with Gasteiger partial charge in [-0.15, -0.1) is 0 Å². The van der Waals surface area contributed by atoms with Gasteiger partial charge >= 0.3 is 0 Å². The van der Waals surface area contributed by atoms with Crippen LogP contribution in [0.15, 0.2) is 78.1 Å². The summed E-state index contributed by atoms with van der Waals surface area (Å²) in [7, 11) is 4.80. The van der Waals surface area contributed by atoms with Gasteiger partial charge in [-0.1, -0.05) is 30.3 Å². The van der Waals surface area contributed by atoms with Crippen molar-refractivity contribution in [2.45, 2.75) is 24.8 Å². The Morgan fingerprint density at radius 2 is 1.67 bits per heavy atom. The Kier molecular flexibility index (Phi) is 5.36. The molecule has 0 bridgehead atoms. The summed E-state index contributed by atoms with van der Waals surface area (Å²) >= 11 is 0. The molecule has 0 saturated heterocycles. The number of H-pyrrole nitrogens is 1. The first-order valence-corrected chi connectivity index (χ1v) is 13.0. The highest BCUT2D eigenvalue weighted by atomic mass is 16.5. The third-order valence-electron chi connectivity index (χ3n) is 7.97. The lowest BCUT2D eigenvalue weighted by Crippen LogP contribution is -2.33. The molecule has 2 aromatic heterocycles. The summed E-state index contributed by atoms with van der Waals surface area (Å²) in [5.74, 6) is 2.49. The van der Waals surface area contributed by atoms with E-state index in [1.165, 1.54) is 0 Å². The van der Waals surface area contributed by atoms with Crippen molar-refractivity contribution in [3.63, 3.8) is 0 Å². The van der Waals surface area contributed by atoms with Crippen molar-refractivity contribution >= 4 is 33.7 Å². The standard InChI is InChI=1S/C31H28N4O4/c1-37-26-14-18(15-27(38-2)30(26)39-3)17-12-23-28(25(36)13-17)29(20-16-32-21-9-5-4-8-19(20)21)35-24-11-7-6-10-22(24)33-31(35)34-23/h4-11,14-17,29,32H,12-13H2,1-3H3,(H,33,34). The van der Waals surface area contributed by atoms with Crippen LogP contribution in [0.5, 0.6) is 17.2 Å². The van der Waals surface area contributed by atoms with Crippen LogP contribution in [0, 0.1) is 0 Å². The van der Waals surface area contributed by atoms with Crippen LogP contribution in [0.2, 0.25) is 0 Å². The van der Waals surface area contributed by atoms with Crippen LogP contribution >= 0.6 is 0 Å². The zero-order valence-corrected chi connectivity index (χ0v) is 21.9. The number of carbonyl (C=O) groups excluding carboxylic acids is 1. The van der Waals surface area contributed by atoms with Crippen molar-refractivity contribution in [1.82, 2.24) is 14.5 Å². The molecule has 1 aliphatic carbocycles. The van der Waals surface area contributed by atoms with Gasteiger partial charge < -0.3 is 24.5 Å². The van der Waals surface area contributed by atoms with Gasteiger partial charge in [0.2, 0.25) is 11.7 Å². The molecule has 5 aromatic rings. The number of ether oxygens (including phenoxy) is 3. The fourth-order valence-electron chi connectivity index (χ4n) is 6.21. The van der Waals surface area contributed by atoms with E-state index in [9.17, 15) is 4.79 Å². The molecule has 2 aliphatic rings. The molecular formula is C31H28N4O4. The number of aromatic amines is 1. The van der Waals surface area contributed by atoms with Gasteiger partial charge in [-0.05, 0) is 48.2 Å². The SMILES string of the molecule is COc1cc(C2CC(=O)C3=C(C2)Nc2nc4ccccc4n2C3c2c[nH]c3ccccc23)cc(OC)c1OC. The lowest BCUT2D eigenvalue weighted by molar-refractivity contribution is -0.116. The Balaban J connectivity index is 1.39. The second-order valence-corrected chi connectivity index (χ2v) is 9.99. The average molecular weight is 521 g/mol. The summed E-state index contributed by atoms with van der Waals surface area (Å²) in [4.78, 5) is 22.5. The van der Waals surface area contributed by atoms with E-state index >= 15 is 0 Å². The van der Waals surface area contributed by atoms with Gasteiger partial charge in [0, 0.05) is 40.4 Å². The number of allylic oxidation sites excluding steroid dienone is 2. The zero-order chi connectivity index (χ0) is 26.7. The van der Waals surface area contributed by atoms with Crippen LogP contribution in [-0.4, -0.2) is 41.6 Å². The Hall–Kier alpha value is -4.72. The van der Waals surface area contributed by atoms with E-state index in [-0.39, 0.29) is 17.7 Å². The Labute approximate surface area is 225 Å². The first-order valence-electron chi connectivity index (χ1n) is 13.0. The molecule has 2 N–H and O–H groups in total. The normalized spacial score (nSPS) is 18.6. The number of aromatic nitrogens is 3. The van der Waals surface area contributed by atoms with E-state index in [0.717, 1.165) is 50.3 Å². The van der Waals surface area contributed by atoms with Gasteiger partial charge in [-0.25, -0.2) is 4.98 Å². The smallest absolute Gasteiger partial charge is 0.209 e. The average Bonchev–Trinajstić information content (AvgIpc) is 3.56. The Morgan fingerprint density at radius 3 is 2.44 bits per heavy atom. The summed E-state index contributed by atoms with van der Waals surface area (Å²) in [6, 6.07) is 19.9. The molecule has 3 heterocycles. The van der Waals surface area contributed by atoms with E-state index in [2.05, 4.69) is 33.1 Å². The Bertz CT molecular complexity index is 1770. The minimum atomic E-state index is -0.298. The maximum Gasteiger partial charge on any atom is 0.209 e. The zero-order valence-electron chi connectivity index (χ0n) is 21.9. The maximum absolute atomic E-state index is 14.1. The number of benzene rings is 3. The molecule has 8 nitrogen and oxygen atoms in total. The monoisotopic (exact) mass is 520 g/mol. The minimum Gasteiger partial charge on any atom is -0.493 e. The van der Waals surface area contributed by atoms with Crippen LogP contribution < -0.4 is 19.5 Å². The fraction of sp³-hybridized carbons (Fsp3) is 0.226. The van der Waals surface area contributed by atoms with Gasteiger partial charge in [0.25, 0.3) is 0 Å². The second-order valence-electron chi connectivity index (χ2n) is 9.99. The number of Topliss-reactive ketones (excluding diaryl/α,β-unsaturated/α-hetero) is 1. The highest BCUT2D eigenvalue weighted by molar-refractivity contribution is 6.02. The lowest BCUT2D eigenvalue weighted by Gasteiger charge is -2.36. The predicted octanol–water partition coefficient (Wildman–Crippen LogP) is 5.96. The van der Waals surface area contributed by atoms with Gasteiger partial charge in [0.05, 0.1) is 38.4 Å². The molecule has 3 aromatic carbocycles. The van der Waals surface area contributed by atoms with Crippen LogP contribution in [-0.2, 0) is 4.79 Å². The molecule has 39 heavy (non-hydrogen) atoms. The first kappa shape index (κ1) is 23.4. The van der Waals surface area contributed by atoms with Gasteiger partial charge in [0.15, 0.2) is 17.3 Å². The molecule has 196 valence electrons. The van der Waals surface area contributed by atoms with E-state index in [0.29, 0.717) is 30.1 Å². The van der Waals surface area contributed by atoms with Crippen LogP contribution in [0.1, 0.15) is 35.9 Å². The number of para-hydroxylation sites is 3. The van der Waals surface area contributed by atoms with Crippen molar-refractivity contribution in [1.29, 1.82) is 0 Å². The third-order valence-corrected chi connectivity index (χ3v) is 7.97. The molecule has 0 amide bonds. The minimum absolute atomic E-state index is 0.0583. The number of carbonyl (C=O) groups is 1. The van der Waals surface area contributed by atoms with Crippen LogP contribution in [0.4, 0.5) is 5.95 Å². The number of imidazole rings is 1. The van der Waals surface area contributed by atoms with E-state index in [1.807, 2.05) is 48.7 Å². The number of fused-ring (bicyclic) bond motifs is 4. The number of methoxy groups -OCH3 is 3. The predicted molar refractivity (Wildman–Crippen MR) is 150 cm³/mol. The molecular weight excluding hydrogens is 492 g/mol. The van der Waals surface area contributed by atoms with Crippen molar-refractivity contribution < 1.29 is 19.0 Å². The highest BCUT2D eigenvalue weighted by Crippen LogP contribution is 2.49. The number of hydrogen-bond donors (Lipinski definition) is 2. The fourth-order valence-corrected chi connectivity index (χ4v) is 6.21. The van der Waals surface area contributed by atoms with Crippen molar-refractivity contribution in [3.8, 4) is 17.2 Å². The van der Waals surface area contributed by atoms with E-state index < -0.39 is 0 Å². The number of nitrogens with one attached hydrogen (secondary N) is 2.